The lowest BCUT2D eigenvalue weighted by atomic mass is 9.94. The van der Waals surface area contributed by atoms with Crippen molar-refractivity contribution in [2.24, 2.45) is 0 Å². The maximum atomic E-state index is 13.8. The molecule has 0 aliphatic rings. The number of fused-ring (bicyclic) bond motifs is 11. The van der Waals surface area contributed by atoms with Crippen molar-refractivity contribution < 1.29 is 19.7 Å². The predicted octanol–water partition coefficient (Wildman–Crippen LogP) is 2.72. The van der Waals surface area contributed by atoms with Crippen LogP contribution in [0.3, 0.4) is 0 Å². The zero-order valence-corrected chi connectivity index (χ0v) is 20.7. The molecule has 7 rings (SSSR count). The van der Waals surface area contributed by atoms with E-state index in [9.17, 15) is 19.6 Å². The average molecular weight is 517 g/mol. The van der Waals surface area contributed by atoms with Crippen LogP contribution in [0.25, 0.3) is 62.0 Å². The van der Waals surface area contributed by atoms with E-state index in [4.69, 9.17) is 9.68 Å². The van der Waals surface area contributed by atoms with E-state index in [1.54, 1.807) is 0 Å². The fourth-order valence-corrected chi connectivity index (χ4v) is 8.89. The van der Waals surface area contributed by atoms with Gasteiger partial charge in [-0.3, -0.25) is 9.59 Å². The molecule has 0 radical (unpaired) electrons. The van der Waals surface area contributed by atoms with Gasteiger partial charge in [0.05, 0.1) is 19.5 Å². The molecule has 7 nitrogen and oxygen atoms in total. The van der Waals surface area contributed by atoms with Crippen molar-refractivity contribution >= 4 is 116 Å². The van der Waals surface area contributed by atoms with E-state index in [0.29, 0.717) is 31.3 Å². The first-order valence-electron chi connectivity index (χ1n) is 10.7. The van der Waals surface area contributed by atoms with Gasteiger partial charge in [0, 0.05) is 32.3 Å². The summed E-state index contributed by atoms with van der Waals surface area (Å²) in [5.74, 6) is 0. The summed E-state index contributed by atoms with van der Waals surface area (Å²) in [6.45, 7) is 3.85. The lowest BCUT2D eigenvalue weighted by molar-refractivity contribution is 0.425. The summed E-state index contributed by atoms with van der Waals surface area (Å²) in [7, 11) is -2.16. The van der Waals surface area contributed by atoms with Gasteiger partial charge >= 0.3 is 14.8 Å². The van der Waals surface area contributed by atoms with Gasteiger partial charge in [0.15, 0.2) is 10.5 Å². The molecule has 0 aliphatic heterocycles. The molecule has 0 atom stereocenters. The quantitative estimate of drug-likeness (QED) is 0.309. The van der Waals surface area contributed by atoms with Crippen molar-refractivity contribution in [2.75, 3.05) is 0 Å². The van der Waals surface area contributed by atoms with Gasteiger partial charge < -0.3 is 19.7 Å². The third-order valence-corrected chi connectivity index (χ3v) is 10.1. The van der Waals surface area contributed by atoms with Gasteiger partial charge in [-0.1, -0.05) is 11.3 Å². The molecule has 3 heterocycles. The molecule has 0 spiro atoms. The molecule has 4 aromatic carbocycles. The summed E-state index contributed by atoms with van der Waals surface area (Å²) in [4.78, 5) is 31.6. The minimum atomic E-state index is -1.73. The molecular weight excluding hydrogens is 504 g/mol. The lowest BCUT2D eigenvalue weighted by Gasteiger charge is -2.08. The van der Waals surface area contributed by atoms with E-state index in [1.807, 2.05) is 32.0 Å². The van der Waals surface area contributed by atoms with Crippen molar-refractivity contribution in [3.8, 4) is 5.06 Å². The second kappa shape index (κ2) is 7.10. The van der Waals surface area contributed by atoms with Crippen LogP contribution < -0.4 is 20.4 Å². The van der Waals surface area contributed by atoms with E-state index in [0.717, 1.165) is 52.7 Å². The van der Waals surface area contributed by atoms with Crippen LogP contribution in [0.15, 0.2) is 27.8 Å². The highest BCUT2D eigenvalue weighted by atomic mass is 32.1. The van der Waals surface area contributed by atoms with E-state index >= 15 is 0 Å². The van der Waals surface area contributed by atoms with E-state index in [2.05, 4.69) is 4.98 Å². The fraction of sp³-hybridized carbons (Fsp3) is 0.0870. The third-order valence-electron chi connectivity index (χ3n) is 6.60. The Balaban J connectivity index is 1.66. The van der Waals surface area contributed by atoms with Crippen molar-refractivity contribution in [1.29, 1.82) is 0 Å². The summed E-state index contributed by atoms with van der Waals surface area (Å²) < 4.78 is 8.58. The number of benzene rings is 2. The minimum Gasteiger partial charge on any atom is -0.531 e. The molecule has 3 aromatic heterocycles. The van der Waals surface area contributed by atoms with Crippen LogP contribution in [0.1, 0.15) is 11.1 Å². The molecule has 12 heteroatoms. The molecule has 0 amide bonds. The number of nitrogens with zero attached hydrogens (tertiary/aromatic N) is 1. The molecule has 7 aromatic rings. The maximum Gasteiger partial charge on any atom is 0.519 e. The Morgan fingerprint density at radius 3 is 2.14 bits per heavy atom. The molecule has 0 bridgehead atoms. The highest BCUT2D eigenvalue weighted by Gasteiger charge is 2.27. The first-order valence-corrected chi connectivity index (χ1v) is 13.1. The normalized spacial score (nSPS) is 12.4. The highest BCUT2D eigenvalue weighted by Crippen LogP contribution is 2.47. The summed E-state index contributed by atoms with van der Waals surface area (Å²) in [6.07, 6.45) is 0. The molecule has 3 N–H and O–H groups in total. The first-order chi connectivity index (χ1) is 16.8. The Labute approximate surface area is 208 Å². The number of aromatic nitrogens is 1. The molecule has 0 aliphatic carbocycles. The minimum absolute atomic E-state index is 0.0734. The number of thiophene rings is 2. The standard InChI is InChI=1S/C23H13B2NO6S3/c1-6-3-9-8(4-7(2)13-15(9)19(28)17-22(13)35-23(26-17)25(30)31)14-12(6)21-16(18(14)27)20-10(33-21)5-11(34-20)32-24-29/h3-5,24,29-31H,1-2H3. The summed E-state index contributed by atoms with van der Waals surface area (Å²) >= 11 is 3.98. The van der Waals surface area contributed by atoms with Crippen molar-refractivity contribution in [3.05, 3.63) is 49.8 Å². The number of hydrogen-bond donors (Lipinski definition) is 3. The van der Waals surface area contributed by atoms with Crippen LogP contribution in [0.2, 0.25) is 0 Å². The number of thiazole rings is 1. The Hall–Kier alpha value is -2.86. The Bertz CT molecular complexity index is 2130. The maximum absolute atomic E-state index is 13.8. The van der Waals surface area contributed by atoms with Crippen LogP contribution in [0, 0.1) is 13.8 Å². The summed E-state index contributed by atoms with van der Waals surface area (Å²) in [5.41, 5.74) is 1.63. The van der Waals surface area contributed by atoms with Gasteiger partial charge in [-0.15, -0.1) is 22.7 Å². The van der Waals surface area contributed by atoms with Crippen molar-refractivity contribution in [3.63, 3.8) is 0 Å². The molecule has 0 unspecified atom stereocenters. The molecule has 0 fully saturated rings. The van der Waals surface area contributed by atoms with Gasteiger partial charge in [-0.25, -0.2) is 4.98 Å². The summed E-state index contributed by atoms with van der Waals surface area (Å²) in [6, 6.07) is 5.77. The molecule has 0 saturated heterocycles. The van der Waals surface area contributed by atoms with E-state index in [1.165, 1.54) is 22.7 Å². The van der Waals surface area contributed by atoms with Crippen molar-refractivity contribution in [2.45, 2.75) is 13.8 Å². The van der Waals surface area contributed by atoms with Crippen LogP contribution in [-0.4, -0.2) is 34.9 Å². The van der Waals surface area contributed by atoms with Crippen molar-refractivity contribution in [1.82, 2.24) is 4.98 Å². The molecule has 35 heavy (non-hydrogen) atoms. The SMILES string of the molecule is Cc1cc2c(cc(C)c3c4sc5cc(OBO)sc5c4c(=O)c23)c2c(=O)c3nc(B(O)O)sc3c12. The summed E-state index contributed by atoms with van der Waals surface area (Å²) in [5, 5.41) is 33.6. The van der Waals surface area contributed by atoms with Crippen LogP contribution in [0.5, 0.6) is 5.06 Å². The lowest BCUT2D eigenvalue weighted by Crippen LogP contribution is -2.29. The van der Waals surface area contributed by atoms with E-state index < -0.39 is 14.8 Å². The van der Waals surface area contributed by atoms with Gasteiger partial charge in [0.1, 0.15) is 10.4 Å². The Kier molecular flexibility index (Phi) is 4.34. The zero-order valence-electron chi connectivity index (χ0n) is 18.3. The number of hydrogen-bond acceptors (Lipinski definition) is 10. The van der Waals surface area contributed by atoms with Crippen LogP contribution >= 0.6 is 34.0 Å². The van der Waals surface area contributed by atoms with Gasteiger partial charge in [-0.2, -0.15) is 0 Å². The first kappa shape index (κ1) is 21.4. The molecule has 0 saturated carbocycles. The topological polar surface area (TPSA) is 117 Å². The van der Waals surface area contributed by atoms with E-state index in [-0.39, 0.29) is 21.3 Å². The highest BCUT2D eigenvalue weighted by molar-refractivity contribution is 7.34. The average Bonchev–Trinajstić information content (AvgIpc) is 3.57. The predicted molar refractivity (Wildman–Crippen MR) is 147 cm³/mol. The van der Waals surface area contributed by atoms with Gasteiger partial charge in [0.2, 0.25) is 5.43 Å². The van der Waals surface area contributed by atoms with Gasteiger partial charge in [-0.05, 0) is 47.9 Å². The number of aryl methyl sites for hydroxylation is 2. The third kappa shape index (κ3) is 2.64. The molecular formula is C23H13B2NO6S3. The zero-order chi connectivity index (χ0) is 24.3. The van der Waals surface area contributed by atoms with Crippen LogP contribution in [-0.2, 0) is 0 Å². The number of rotatable bonds is 3. The fourth-order valence-electron chi connectivity index (χ4n) is 5.27. The van der Waals surface area contributed by atoms with Gasteiger partial charge in [0.25, 0.3) is 0 Å². The Morgan fingerprint density at radius 2 is 1.49 bits per heavy atom. The second-order valence-electron chi connectivity index (χ2n) is 8.58. The molecule has 170 valence electrons. The monoisotopic (exact) mass is 517 g/mol. The van der Waals surface area contributed by atoms with Crippen LogP contribution in [0.4, 0.5) is 0 Å². The Morgan fingerprint density at radius 1 is 0.829 bits per heavy atom. The smallest absolute Gasteiger partial charge is 0.519 e. The largest absolute Gasteiger partial charge is 0.531 e. The second-order valence-corrected chi connectivity index (χ2v) is 11.7.